The minimum Gasteiger partial charge on any atom is -0.507 e. The van der Waals surface area contributed by atoms with Crippen LogP contribution in [0.2, 0.25) is 0 Å². The molecule has 3 N–H and O–H groups in total. The van der Waals surface area contributed by atoms with Gasteiger partial charge in [0.15, 0.2) is 12.4 Å². The van der Waals surface area contributed by atoms with Crippen LogP contribution in [0.5, 0.6) is 0 Å². The van der Waals surface area contributed by atoms with Crippen molar-refractivity contribution in [3.05, 3.63) is 11.5 Å². The lowest BCUT2D eigenvalue weighted by molar-refractivity contribution is -0.114. The maximum absolute atomic E-state index is 10.1. The van der Waals surface area contributed by atoms with Gasteiger partial charge in [-0.25, -0.2) is 0 Å². The highest BCUT2D eigenvalue weighted by Crippen LogP contribution is 2.02. The lowest BCUT2D eigenvalue weighted by atomic mass is 10.2. The van der Waals surface area contributed by atoms with Gasteiger partial charge in [-0.05, 0) is 20.8 Å². The molecule has 0 aliphatic heterocycles. The molecule has 0 spiro atoms. The summed E-state index contributed by atoms with van der Waals surface area (Å²) in [7, 11) is 0. The lowest BCUT2D eigenvalue weighted by Crippen LogP contribution is -2.25. The molecule has 0 amide bonds. The van der Waals surface area contributed by atoms with Crippen LogP contribution in [0.1, 0.15) is 20.8 Å². The second-order valence-corrected chi connectivity index (χ2v) is 2.89. The third-order valence-corrected chi connectivity index (χ3v) is 1.30. The zero-order valence-electron chi connectivity index (χ0n) is 7.53. The molecular formula is C8H15NO3. The normalized spacial score (nSPS) is 15.4. The van der Waals surface area contributed by atoms with E-state index in [2.05, 4.69) is 5.32 Å². The Morgan fingerprint density at radius 3 is 2.33 bits per heavy atom. The maximum atomic E-state index is 10.1. The van der Waals surface area contributed by atoms with Crippen molar-refractivity contribution in [1.82, 2.24) is 5.32 Å². The molecule has 0 saturated carbocycles. The van der Waals surface area contributed by atoms with Crippen LogP contribution in [0, 0.1) is 0 Å². The van der Waals surface area contributed by atoms with Crippen molar-refractivity contribution in [2.45, 2.75) is 32.9 Å². The molecule has 0 aromatic rings. The molecule has 0 radical (unpaired) electrons. The van der Waals surface area contributed by atoms with Gasteiger partial charge in [-0.2, -0.15) is 0 Å². The Morgan fingerprint density at radius 2 is 2.00 bits per heavy atom. The third kappa shape index (κ3) is 3.39. The van der Waals surface area contributed by atoms with Crippen LogP contribution in [0.25, 0.3) is 0 Å². The van der Waals surface area contributed by atoms with Gasteiger partial charge in [0, 0.05) is 11.7 Å². The molecule has 4 heteroatoms. The van der Waals surface area contributed by atoms with Crippen molar-refractivity contribution in [2.75, 3.05) is 0 Å². The summed E-state index contributed by atoms with van der Waals surface area (Å²) in [6.45, 7) is 5.39. The second-order valence-electron chi connectivity index (χ2n) is 2.89. The molecule has 0 aliphatic rings. The van der Waals surface area contributed by atoms with Crippen LogP contribution in [-0.4, -0.2) is 28.6 Å². The predicted molar refractivity (Wildman–Crippen MR) is 45.7 cm³/mol. The minimum absolute atomic E-state index is 0.158. The molecule has 0 fully saturated rings. The fourth-order valence-corrected chi connectivity index (χ4v) is 0.793. The van der Waals surface area contributed by atoms with E-state index in [1.807, 2.05) is 13.8 Å². The van der Waals surface area contributed by atoms with E-state index in [9.17, 15) is 9.90 Å². The molecule has 0 aromatic carbocycles. The largest absolute Gasteiger partial charge is 0.507 e. The smallest absolute Gasteiger partial charge is 0.167 e. The molecule has 0 bridgehead atoms. The molecular weight excluding hydrogens is 158 g/mol. The molecule has 0 heterocycles. The Bertz CT molecular complexity index is 187. The number of carbonyl (C=O) groups is 1. The van der Waals surface area contributed by atoms with Crippen LogP contribution in [-0.2, 0) is 4.79 Å². The van der Waals surface area contributed by atoms with Crippen LogP contribution in [0.3, 0.4) is 0 Å². The van der Waals surface area contributed by atoms with Gasteiger partial charge >= 0.3 is 0 Å². The number of aliphatic hydroxyl groups is 2. The quantitative estimate of drug-likeness (QED) is 0.423. The van der Waals surface area contributed by atoms with E-state index in [4.69, 9.17) is 5.11 Å². The van der Waals surface area contributed by atoms with Crippen molar-refractivity contribution in [1.29, 1.82) is 0 Å². The average Bonchev–Trinajstić information content (AvgIpc) is 2.00. The van der Waals surface area contributed by atoms with Gasteiger partial charge < -0.3 is 15.5 Å². The molecule has 0 rings (SSSR count). The molecule has 4 nitrogen and oxygen atoms in total. The fourth-order valence-electron chi connectivity index (χ4n) is 0.793. The summed E-state index contributed by atoms with van der Waals surface area (Å²) in [6, 6.07) is 0.158. The summed E-state index contributed by atoms with van der Waals surface area (Å²) < 4.78 is 0. The van der Waals surface area contributed by atoms with Gasteiger partial charge in [0.1, 0.15) is 5.76 Å². The van der Waals surface area contributed by atoms with Crippen molar-refractivity contribution in [3.8, 4) is 0 Å². The van der Waals surface area contributed by atoms with E-state index in [1.165, 1.54) is 0 Å². The highest BCUT2D eigenvalue weighted by molar-refractivity contribution is 5.60. The van der Waals surface area contributed by atoms with Gasteiger partial charge in [0.2, 0.25) is 0 Å². The summed E-state index contributed by atoms with van der Waals surface area (Å²) >= 11 is 0. The topological polar surface area (TPSA) is 69.6 Å². The number of rotatable bonds is 4. The monoisotopic (exact) mass is 173 g/mol. The number of aliphatic hydroxyl groups excluding tert-OH is 2. The molecule has 0 saturated heterocycles. The highest BCUT2D eigenvalue weighted by Gasteiger charge is 2.11. The predicted octanol–water partition coefficient (Wildman–Crippen LogP) is 0.334. The molecule has 70 valence electrons. The molecule has 1 atom stereocenters. The Balaban J connectivity index is 4.34. The van der Waals surface area contributed by atoms with E-state index in [0.29, 0.717) is 5.70 Å². The van der Waals surface area contributed by atoms with Crippen LogP contribution < -0.4 is 5.32 Å². The maximum Gasteiger partial charge on any atom is 0.167 e. The highest BCUT2D eigenvalue weighted by atomic mass is 16.3. The van der Waals surface area contributed by atoms with Gasteiger partial charge in [-0.3, -0.25) is 4.79 Å². The fraction of sp³-hybridized carbons (Fsp3) is 0.625. The molecule has 1 unspecified atom stereocenters. The number of nitrogens with one attached hydrogen (secondary N) is 1. The standard InChI is InChI=1S/C8H15NO3/c1-5(2)9-6(3)8(12)7(11)4-10/h4-5,7,9,11-12H,1-3H3/b8-6-. The van der Waals surface area contributed by atoms with E-state index in [0.717, 1.165) is 0 Å². The van der Waals surface area contributed by atoms with E-state index >= 15 is 0 Å². The average molecular weight is 173 g/mol. The zero-order chi connectivity index (χ0) is 9.72. The van der Waals surface area contributed by atoms with Crippen molar-refractivity contribution >= 4 is 6.29 Å². The van der Waals surface area contributed by atoms with E-state index < -0.39 is 6.10 Å². The van der Waals surface area contributed by atoms with Crippen molar-refractivity contribution in [3.63, 3.8) is 0 Å². The summed E-state index contributed by atoms with van der Waals surface area (Å²) in [5.74, 6) is -0.321. The third-order valence-electron chi connectivity index (χ3n) is 1.30. The first kappa shape index (κ1) is 11.0. The Labute approximate surface area is 71.9 Å². The Kier molecular flexibility index (Phi) is 4.36. The minimum atomic E-state index is -1.42. The van der Waals surface area contributed by atoms with E-state index in [-0.39, 0.29) is 18.1 Å². The van der Waals surface area contributed by atoms with Crippen LogP contribution in [0.4, 0.5) is 0 Å². The number of hydrogen-bond donors (Lipinski definition) is 3. The number of aldehydes is 1. The van der Waals surface area contributed by atoms with Gasteiger partial charge in [-0.1, -0.05) is 0 Å². The first-order chi connectivity index (χ1) is 5.49. The number of allylic oxidation sites excluding steroid dienone is 1. The summed E-state index contributed by atoms with van der Waals surface area (Å²) in [4.78, 5) is 10.1. The van der Waals surface area contributed by atoms with Crippen molar-refractivity contribution in [2.24, 2.45) is 0 Å². The summed E-state index contributed by atoms with van der Waals surface area (Å²) in [6.07, 6.45) is -1.14. The Morgan fingerprint density at radius 1 is 1.50 bits per heavy atom. The lowest BCUT2D eigenvalue weighted by Gasteiger charge is -2.13. The van der Waals surface area contributed by atoms with Crippen LogP contribution in [0.15, 0.2) is 11.5 Å². The number of carbonyl (C=O) groups excluding carboxylic acids is 1. The number of hydrogen-bond acceptors (Lipinski definition) is 4. The second kappa shape index (κ2) is 4.77. The first-order valence-corrected chi connectivity index (χ1v) is 3.78. The van der Waals surface area contributed by atoms with Gasteiger partial charge in [0.05, 0.1) is 0 Å². The van der Waals surface area contributed by atoms with Crippen LogP contribution >= 0.6 is 0 Å². The first-order valence-electron chi connectivity index (χ1n) is 3.78. The molecule has 0 aromatic heterocycles. The molecule has 0 aliphatic carbocycles. The van der Waals surface area contributed by atoms with Gasteiger partial charge in [-0.15, -0.1) is 0 Å². The van der Waals surface area contributed by atoms with Crippen molar-refractivity contribution < 1.29 is 15.0 Å². The summed E-state index contributed by atoms with van der Waals surface area (Å²) in [5.41, 5.74) is 0.421. The SMILES string of the molecule is C/C(NC(C)C)=C(/O)C(O)C=O. The molecule has 12 heavy (non-hydrogen) atoms. The zero-order valence-corrected chi connectivity index (χ0v) is 7.53. The summed E-state index contributed by atoms with van der Waals surface area (Å²) in [5, 5.41) is 20.9. The van der Waals surface area contributed by atoms with E-state index in [1.54, 1.807) is 6.92 Å². The van der Waals surface area contributed by atoms with Gasteiger partial charge in [0.25, 0.3) is 0 Å². The Hall–Kier alpha value is -1.03.